The monoisotopic (exact) mass is 262 g/mol. The smallest absolute Gasteiger partial charge is 0.123 e. The Kier molecular flexibility index (Phi) is 3.13. The van der Waals surface area contributed by atoms with Crippen molar-refractivity contribution in [1.29, 1.82) is 0 Å². The second kappa shape index (κ2) is 5.10. The van der Waals surface area contributed by atoms with Gasteiger partial charge in [-0.05, 0) is 41.0 Å². The Balaban J connectivity index is 2.09. The van der Waals surface area contributed by atoms with Crippen molar-refractivity contribution in [3.8, 4) is 33.8 Å². The van der Waals surface area contributed by atoms with Crippen molar-refractivity contribution in [2.45, 2.75) is 0 Å². The van der Waals surface area contributed by atoms with E-state index in [9.17, 15) is 10.2 Å². The van der Waals surface area contributed by atoms with Gasteiger partial charge >= 0.3 is 0 Å². The van der Waals surface area contributed by atoms with E-state index in [0.717, 1.165) is 22.3 Å². The van der Waals surface area contributed by atoms with Crippen molar-refractivity contribution in [2.24, 2.45) is 0 Å². The van der Waals surface area contributed by atoms with Gasteiger partial charge < -0.3 is 10.2 Å². The van der Waals surface area contributed by atoms with E-state index in [1.165, 1.54) is 0 Å². The Morgan fingerprint density at radius 2 is 1.20 bits per heavy atom. The van der Waals surface area contributed by atoms with Crippen molar-refractivity contribution >= 4 is 0 Å². The summed E-state index contributed by atoms with van der Waals surface area (Å²) < 4.78 is 0. The Labute approximate surface area is 117 Å². The van der Waals surface area contributed by atoms with Crippen LogP contribution in [0.5, 0.6) is 11.5 Å². The maximum absolute atomic E-state index is 9.93. The van der Waals surface area contributed by atoms with Crippen LogP contribution in [0.15, 0.2) is 72.8 Å². The van der Waals surface area contributed by atoms with E-state index in [1.54, 1.807) is 24.3 Å². The lowest BCUT2D eigenvalue weighted by atomic mass is 9.98. The number of rotatable bonds is 2. The largest absolute Gasteiger partial charge is 0.508 e. The van der Waals surface area contributed by atoms with Gasteiger partial charge in [-0.1, -0.05) is 48.5 Å². The Hall–Kier alpha value is -2.74. The maximum atomic E-state index is 9.93. The van der Waals surface area contributed by atoms with E-state index >= 15 is 0 Å². The van der Waals surface area contributed by atoms with Crippen LogP contribution < -0.4 is 0 Å². The van der Waals surface area contributed by atoms with Crippen molar-refractivity contribution in [1.82, 2.24) is 0 Å². The number of benzene rings is 3. The number of phenols is 2. The van der Waals surface area contributed by atoms with E-state index in [-0.39, 0.29) is 11.5 Å². The van der Waals surface area contributed by atoms with Crippen LogP contribution in [0.1, 0.15) is 0 Å². The second-order valence-corrected chi connectivity index (χ2v) is 4.65. The average Bonchev–Trinajstić information content (AvgIpc) is 2.48. The van der Waals surface area contributed by atoms with E-state index < -0.39 is 0 Å². The molecule has 0 heterocycles. The van der Waals surface area contributed by atoms with Crippen LogP contribution in [0, 0.1) is 0 Å². The molecule has 0 bridgehead atoms. The molecular formula is C18H14O2. The third kappa shape index (κ3) is 2.36. The Morgan fingerprint density at radius 3 is 1.95 bits per heavy atom. The minimum absolute atomic E-state index is 0.246. The average molecular weight is 262 g/mol. The molecule has 0 aliphatic rings. The van der Waals surface area contributed by atoms with Crippen molar-refractivity contribution in [3.05, 3.63) is 72.8 Å². The summed E-state index contributed by atoms with van der Waals surface area (Å²) >= 11 is 0. The maximum Gasteiger partial charge on any atom is 0.123 e. The molecule has 0 aliphatic heterocycles. The first kappa shape index (κ1) is 12.3. The van der Waals surface area contributed by atoms with Gasteiger partial charge in [0, 0.05) is 5.56 Å². The van der Waals surface area contributed by atoms with Crippen LogP contribution >= 0.6 is 0 Å². The third-order valence-electron chi connectivity index (χ3n) is 3.26. The topological polar surface area (TPSA) is 40.5 Å². The lowest BCUT2D eigenvalue weighted by molar-refractivity contribution is 0.475. The van der Waals surface area contributed by atoms with Crippen LogP contribution in [0.3, 0.4) is 0 Å². The van der Waals surface area contributed by atoms with Crippen LogP contribution in [0.2, 0.25) is 0 Å². The first-order chi connectivity index (χ1) is 9.74. The van der Waals surface area contributed by atoms with Crippen molar-refractivity contribution in [3.63, 3.8) is 0 Å². The minimum atomic E-state index is 0.246. The third-order valence-corrected chi connectivity index (χ3v) is 3.26. The minimum Gasteiger partial charge on any atom is -0.508 e. The fourth-order valence-corrected chi connectivity index (χ4v) is 2.27. The molecule has 2 N–H and O–H groups in total. The van der Waals surface area contributed by atoms with E-state index in [2.05, 4.69) is 0 Å². The summed E-state index contributed by atoms with van der Waals surface area (Å²) in [6, 6.07) is 22.3. The first-order valence-electron chi connectivity index (χ1n) is 6.42. The number of hydrogen-bond acceptors (Lipinski definition) is 2. The number of phenolic OH excluding ortho intramolecular Hbond substituents is 2. The molecule has 0 atom stereocenters. The summed E-state index contributed by atoms with van der Waals surface area (Å²) in [7, 11) is 0. The summed E-state index contributed by atoms with van der Waals surface area (Å²) in [4.78, 5) is 0. The van der Waals surface area contributed by atoms with Crippen LogP contribution in [0.4, 0.5) is 0 Å². The van der Waals surface area contributed by atoms with Gasteiger partial charge in [0.15, 0.2) is 0 Å². The second-order valence-electron chi connectivity index (χ2n) is 4.65. The fourth-order valence-electron chi connectivity index (χ4n) is 2.27. The molecule has 3 aromatic rings. The Morgan fingerprint density at radius 1 is 0.550 bits per heavy atom. The Bertz CT molecular complexity index is 748. The highest BCUT2D eigenvalue weighted by atomic mass is 16.3. The highest BCUT2D eigenvalue weighted by Crippen LogP contribution is 2.32. The predicted octanol–water partition coefficient (Wildman–Crippen LogP) is 4.43. The normalized spacial score (nSPS) is 10.4. The molecule has 0 aromatic heterocycles. The summed E-state index contributed by atoms with van der Waals surface area (Å²) in [5.74, 6) is 0.510. The summed E-state index contributed by atoms with van der Waals surface area (Å²) in [6.45, 7) is 0. The summed E-state index contributed by atoms with van der Waals surface area (Å²) in [6.07, 6.45) is 0. The fraction of sp³-hybridized carbons (Fsp3) is 0. The molecule has 0 saturated heterocycles. The number of aromatic hydroxyl groups is 2. The molecule has 0 fully saturated rings. The lowest BCUT2D eigenvalue weighted by Gasteiger charge is -2.08. The summed E-state index contributed by atoms with van der Waals surface area (Å²) in [5, 5.41) is 19.5. The zero-order chi connectivity index (χ0) is 13.9. The molecule has 2 heteroatoms. The summed E-state index contributed by atoms with van der Waals surface area (Å²) in [5.41, 5.74) is 3.70. The highest BCUT2D eigenvalue weighted by Gasteiger charge is 2.05. The van der Waals surface area contributed by atoms with Crippen LogP contribution in [-0.4, -0.2) is 10.2 Å². The van der Waals surface area contributed by atoms with Crippen molar-refractivity contribution < 1.29 is 10.2 Å². The first-order valence-corrected chi connectivity index (χ1v) is 6.42. The lowest BCUT2D eigenvalue weighted by Crippen LogP contribution is -1.82. The van der Waals surface area contributed by atoms with Gasteiger partial charge in [-0.25, -0.2) is 0 Å². The molecule has 0 saturated carbocycles. The van der Waals surface area contributed by atoms with Gasteiger partial charge in [0.1, 0.15) is 11.5 Å². The number of para-hydroxylation sites is 1. The van der Waals surface area contributed by atoms with E-state index in [4.69, 9.17) is 0 Å². The van der Waals surface area contributed by atoms with Gasteiger partial charge in [0.05, 0.1) is 0 Å². The van der Waals surface area contributed by atoms with Gasteiger partial charge in [0.25, 0.3) is 0 Å². The zero-order valence-electron chi connectivity index (χ0n) is 10.8. The standard InChI is InChI=1S/C18H14O2/c19-16-8-4-6-14(12-16)13-5-3-7-15(11-13)17-9-1-2-10-18(17)20/h1-12,19-20H. The van der Waals surface area contributed by atoms with Gasteiger partial charge in [-0.2, -0.15) is 0 Å². The zero-order valence-corrected chi connectivity index (χ0v) is 10.8. The predicted molar refractivity (Wildman–Crippen MR) is 80.6 cm³/mol. The highest BCUT2D eigenvalue weighted by molar-refractivity contribution is 5.76. The van der Waals surface area contributed by atoms with Crippen LogP contribution in [-0.2, 0) is 0 Å². The molecule has 98 valence electrons. The molecule has 0 amide bonds. The van der Waals surface area contributed by atoms with Crippen molar-refractivity contribution in [2.75, 3.05) is 0 Å². The van der Waals surface area contributed by atoms with Gasteiger partial charge in [-0.3, -0.25) is 0 Å². The quantitative estimate of drug-likeness (QED) is 0.717. The number of hydrogen-bond donors (Lipinski definition) is 2. The molecular weight excluding hydrogens is 248 g/mol. The van der Waals surface area contributed by atoms with E-state index in [0.29, 0.717) is 0 Å². The van der Waals surface area contributed by atoms with E-state index in [1.807, 2.05) is 48.5 Å². The SMILES string of the molecule is Oc1cccc(-c2cccc(-c3ccccc3O)c2)c1. The van der Waals surface area contributed by atoms with Crippen LogP contribution in [0.25, 0.3) is 22.3 Å². The molecule has 2 nitrogen and oxygen atoms in total. The molecule has 3 rings (SSSR count). The molecule has 20 heavy (non-hydrogen) atoms. The molecule has 3 aromatic carbocycles. The van der Waals surface area contributed by atoms with Gasteiger partial charge in [0.2, 0.25) is 0 Å². The molecule has 0 unspecified atom stereocenters. The molecule has 0 aliphatic carbocycles. The molecule has 0 radical (unpaired) electrons. The van der Waals surface area contributed by atoms with Gasteiger partial charge in [-0.15, -0.1) is 0 Å². The molecule has 0 spiro atoms.